The Bertz CT molecular complexity index is 459. The smallest absolute Gasteiger partial charge is 0.212 e. The van der Waals surface area contributed by atoms with Crippen molar-refractivity contribution in [3.8, 4) is 0 Å². The van der Waals surface area contributed by atoms with Crippen molar-refractivity contribution in [1.82, 2.24) is 9.71 Å². The molecule has 0 aromatic carbocycles. The number of rotatable bonds is 8. The Labute approximate surface area is 118 Å². The van der Waals surface area contributed by atoms with Crippen LogP contribution in [-0.4, -0.2) is 25.0 Å². The van der Waals surface area contributed by atoms with E-state index in [1.165, 1.54) is 0 Å². The molecule has 1 atom stereocenters. The summed E-state index contributed by atoms with van der Waals surface area (Å²) in [6, 6.07) is -0.267. The summed E-state index contributed by atoms with van der Waals surface area (Å²) in [5, 5.41) is 0.813. The van der Waals surface area contributed by atoms with Crippen LogP contribution in [0.3, 0.4) is 0 Å². The molecule has 1 N–H and O–H groups in total. The number of nitrogens with one attached hydrogen (secondary N) is 1. The van der Waals surface area contributed by atoms with Crippen LogP contribution in [0.15, 0.2) is 6.20 Å². The lowest BCUT2D eigenvalue weighted by atomic mass is 10.4. The first-order chi connectivity index (χ1) is 8.48. The number of aryl methyl sites for hydroxylation is 1. The van der Waals surface area contributed by atoms with Gasteiger partial charge >= 0.3 is 0 Å². The normalized spacial score (nSPS) is 13.7. The number of thiazole rings is 1. The Morgan fingerprint density at radius 2 is 2.22 bits per heavy atom. The maximum absolute atomic E-state index is 11.8. The van der Waals surface area contributed by atoms with Gasteiger partial charge in [-0.15, -0.1) is 22.9 Å². The zero-order chi connectivity index (χ0) is 13.6. The third-order valence-electron chi connectivity index (χ3n) is 2.44. The quantitative estimate of drug-likeness (QED) is 0.593. The van der Waals surface area contributed by atoms with Crippen LogP contribution in [0.1, 0.15) is 42.6 Å². The van der Waals surface area contributed by atoms with Crippen molar-refractivity contribution < 1.29 is 8.42 Å². The molecule has 104 valence electrons. The van der Waals surface area contributed by atoms with E-state index in [2.05, 4.69) is 16.6 Å². The lowest BCUT2D eigenvalue weighted by Gasteiger charge is -2.11. The van der Waals surface area contributed by atoms with Crippen molar-refractivity contribution in [2.45, 2.75) is 39.2 Å². The first-order valence-electron chi connectivity index (χ1n) is 5.99. The molecule has 0 aliphatic carbocycles. The van der Waals surface area contributed by atoms with Gasteiger partial charge in [0, 0.05) is 17.0 Å². The van der Waals surface area contributed by atoms with Gasteiger partial charge in [-0.2, -0.15) is 0 Å². The highest BCUT2D eigenvalue weighted by Gasteiger charge is 2.17. The second-order valence-corrected chi connectivity index (χ2v) is 7.47. The Morgan fingerprint density at radius 3 is 2.78 bits per heavy atom. The first kappa shape index (κ1) is 15.9. The van der Waals surface area contributed by atoms with Gasteiger partial charge in [-0.1, -0.05) is 6.92 Å². The molecule has 0 saturated heterocycles. The molecule has 0 fully saturated rings. The van der Waals surface area contributed by atoms with E-state index in [4.69, 9.17) is 11.6 Å². The molecule has 1 unspecified atom stereocenters. The van der Waals surface area contributed by atoms with Gasteiger partial charge in [0.05, 0.1) is 11.8 Å². The summed E-state index contributed by atoms with van der Waals surface area (Å²) in [5.74, 6) is 0.619. The monoisotopic (exact) mass is 310 g/mol. The van der Waals surface area contributed by atoms with Crippen LogP contribution in [0.25, 0.3) is 0 Å². The van der Waals surface area contributed by atoms with Gasteiger partial charge in [-0.05, 0) is 26.2 Å². The van der Waals surface area contributed by atoms with Gasteiger partial charge in [0.15, 0.2) is 0 Å². The number of halogens is 1. The van der Waals surface area contributed by atoms with Crippen molar-refractivity contribution in [3.05, 3.63) is 16.1 Å². The average Bonchev–Trinajstić information content (AvgIpc) is 2.77. The van der Waals surface area contributed by atoms with Crippen LogP contribution >= 0.6 is 22.9 Å². The summed E-state index contributed by atoms with van der Waals surface area (Å²) in [6.07, 6.45) is 4.03. The minimum Gasteiger partial charge on any atom is -0.248 e. The van der Waals surface area contributed by atoms with E-state index in [1.807, 2.05) is 6.92 Å². The van der Waals surface area contributed by atoms with Crippen LogP contribution in [-0.2, 0) is 16.4 Å². The van der Waals surface area contributed by atoms with E-state index in [-0.39, 0.29) is 11.8 Å². The average molecular weight is 311 g/mol. The second kappa shape index (κ2) is 7.43. The number of hydrogen-bond donors (Lipinski definition) is 1. The third kappa shape index (κ3) is 5.22. The minimum absolute atomic E-state index is 0.121. The van der Waals surface area contributed by atoms with E-state index in [0.29, 0.717) is 18.7 Å². The standard InChI is InChI=1S/C11H19ClN2O2S2/c1-3-10-8-13-11(17-10)9(2)14-18(15,16)7-5-4-6-12/h8-9,14H,3-7H2,1-2H3. The number of sulfonamides is 1. The van der Waals surface area contributed by atoms with Crippen LogP contribution in [0.2, 0.25) is 0 Å². The van der Waals surface area contributed by atoms with E-state index < -0.39 is 10.0 Å². The summed E-state index contributed by atoms with van der Waals surface area (Å²) in [4.78, 5) is 5.40. The molecule has 0 radical (unpaired) electrons. The van der Waals surface area contributed by atoms with Gasteiger partial charge in [0.25, 0.3) is 0 Å². The molecule has 1 rings (SSSR count). The minimum atomic E-state index is -3.24. The number of alkyl halides is 1. The van der Waals surface area contributed by atoms with Crippen LogP contribution < -0.4 is 4.72 Å². The second-order valence-electron chi connectivity index (χ2n) is 4.07. The lowest BCUT2D eigenvalue weighted by Crippen LogP contribution is -2.29. The SMILES string of the molecule is CCc1cnc(C(C)NS(=O)(=O)CCCCCl)s1. The molecular formula is C11H19ClN2O2S2. The van der Waals surface area contributed by atoms with Crippen molar-refractivity contribution in [3.63, 3.8) is 0 Å². The largest absolute Gasteiger partial charge is 0.248 e. The Kier molecular flexibility index (Phi) is 6.55. The van der Waals surface area contributed by atoms with E-state index in [0.717, 1.165) is 16.3 Å². The van der Waals surface area contributed by atoms with Crippen LogP contribution in [0, 0.1) is 0 Å². The molecule has 0 saturated carbocycles. The molecule has 4 nitrogen and oxygen atoms in total. The maximum atomic E-state index is 11.8. The molecule has 0 amide bonds. The zero-order valence-corrected chi connectivity index (χ0v) is 13.0. The molecule has 0 bridgehead atoms. The summed E-state index contributed by atoms with van der Waals surface area (Å²) < 4.78 is 26.2. The Balaban J connectivity index is 2.55. The first-order valence-corrected chi connectivity index (χ1v) is 8.99. The predicted octanol–water partition coefficient (Wildman–Crippen LogP) is 2.70. The Hall–Kier alpha value is -0.170. The summed E-state index contributed by atoms with van der Waals surface area (Å²) >= 11 is 7.08. The van der Waals surface area contributed by atoms with Crippen molar-refractivity contribution in [2.24, 2.45) is 0 Å². The fourth-order valence-electron chi connectivity index (χ4n) is 1.45. The number of unbranched alkanes of at least 4 members (excludes halogenated alkanes) is 1. The maximum Gasteiger partial charge on any atom is 0.212 e. The highest BCUT2D eigenvalue weighted by Crippen LogP contribution is 2.20. The summed E-state index contributed by atoms with van der Waals surface area (Å²) in [7, 11) is -3.24. The number of nitrogens with zero attached hydrogens (tertiary/aromatic N) is 1. The highest BCUT2D eigenvalue weighted by atomic mass is 35.5. The van der Waals surface area contributed by atoms with Crippen LogP contribution in [0.5, 0.6) is 0 Å². The summed E-state index contributed by atoms with van der Waals surface area (Å²) in [6.45, 7) is 3.87. The predicted molar refractivity (Wildman–Crippen MR) is 76.8 cm³/mol. The van der Waals surface area contributed by atoms with Crippen molar-refractivity contribution >= 4 is 33.0 Å². The molecule has 1 aromatic heterocycles. The molecule has 1 aromatic rings. The van der Waals surface area contributed by atoms with Crippen LogP contribution in [0.4, 0.5) is 0 Å². The fourth-order valence-corrected chi connectivity index (χ4v) is 3.93. The Morgan fingerprint density at radius 1 is 1.50 bits per heavy atom. The lowest BCUT2D eigenvalue weighted by molar-refractivity contribution is 0.563. The van der Waals surface area contributed by atoms with Gasteiger partial charge in [0.2, 0.25) is 10.0 Å². The zero-order valence-electron chi connectivity index (χ0n) is 10.6. The molecule has 18 heavy (non-hydrogen) atoms. The number of aromatic nitrogens is 1. The summed E-state index contributed by atoms with van der Waals surface area (Å²) in [5.41, 5.74) is 0. The van der Waals surface area contributed by atoms with Crippen molar-refractivity contribution in [1.29, 1.82) is 0 Å². The van der Waals surface area contributed by atoms with Gasteiger partial charge in [0.1, 0.15) is 5.01 Å². The van der Waals surface area contributed by atoms with E-state index >= 15 is 0 Å². The van der Waals surface area contributed by atoms with Gasteiger partial charge in [-0.25, -0.2) is 18.1 Å². The van der Waals surface area contributed by atoms with E-state index in [1.54, 1.807) is 17.5 Å². The fraction of sp³-hybridized carbons (Fsp3) is 0.727. The topological polar surface area (TPSA) is 59.1 Å². The third-order valence-corrected chi connectivity index (χ3v) is 5.57. The molecule has 1 heterocycles. The highest BCUT2D eigenvalue weighted by molar-refractivity contribution is 7.89. The number of hydrogen-bond acceptors (Lipinski definition) is 4. The van der Waals surface area contributed by atoms with E-state index in [9.17, 15) is 8.42 Å². The van der Waals surface area contributed by atoms with Crippen molar-refractivity contribution in [2.75, 3.05) is 11.6 Å². The van der Waals surface area contributed by atoms with Gasteiger partial charge < -0.3 is 0 Å². The van der Waals surface area contributed by atoms with Gasteiger partial charge in [-0.3, -0.25) is 0 Å². The molecule has 0 aliphatic heterocycles. The molecule has 0 aliphatic rings. The molecule has 0 spiro atoms. The molecule has 7 heteroatoms. The molecular weight excluding hydrogens is 292 g/mol.